The Labute approximate surface area is 141 Å². The fraction of sp³-hybridized carbons (Fsp3) is 0.294. The number of pyridine rings is 1. The zero-order valence-corrected chi connectivity index (χ0v) is 14.1. The Morgan fingerprint density at radius 3 is 2.78 bits per heavy atom. The molecule has 0 bridgehead atoms. The fourth-order valence-electron chi connectivity index (χ4n) is 1.96. The van der Waals surface area contributed by atoms with Gasteiger partial charge in [-0.05, 0) is 30.2 Å². The van der Waals surface area contributed by atoms with Crippen LogP contribution in [0.4, 0.5) is 11.4 Å². The zero-order chi connectivity index (χ0) is 16.8. The Kier molecular flexibility index (Phi) is 5.82. The van der Waals surface area contributed by atoms with E-state index >= 15 is 0 Å². The van der Waals surface area contributed by atoms with Crippen molar-refractivity contribution in [1.29, 1.82) is 0 Å². The lowest BCUT2D eigenvalue weighted by molar-refractivity contribution is 0.0948. The van der Waals surface area contributed by atoms with Crippen molar-refractivity contribution in [2.24, 2.45) is 5.92 Å². The van der Waals surface area contributed by atoms with Crippen LogP contribution in [0.2, 0.25) is 5.02 Å². The molecular formula is C17H20ClN3O2. The summed E-state index contributed by atoms with van der Waals surface area (Å²) in [5.41, 5.74) is 1.89. The summed E-state index contributed by atoms with van der Waals surface area (Å²) in [5, 5.41) is 6.63. The van der Waals surface area contributed by atoms with E-state index in [9.17, 15) is 4.79 Å². The summed E-state index contributed by atoms with van der Waals surface area (Å²) >= 11 is 6.02. The molecule has 122 valence electrons. The van der Waals surface area contributed by atoms with Crippen LogP contribution in [0, 0.1) is 5.92 Å². The molecule has 2 aromatic rings. The molecule has 0 saturated heterocycles. The van der Waals surface area contributed by atoms with Crippen molar-refractivity contribution in [2.45, 2.75) is 13.8 Å². The van der Waals surface area contributed by atoms with E-state index in [-0.39, 0.29) is 5.91 Å². The number of amides is 1. The van der Waals surface area contributed by atoms with Gasteiger partial charge in [0.2, 0.25) is 0 Å². The molecule has 0 atom stereocenters. The maximum atomic E-state index is 12.1. The first-order valence-corrected chi connectivity index (χ1v) is 7.71. The van der Waals surface area contributed by atoms with Gasteiger partial charge in [-0.2, -0.15) is 0 Å². The average Bonchev–Trinajstić information content (AvgIpc) is 2.53. The predicted octanol–water partition coefficient (Wildman–Crippen LogP) is 3.87. The molecule has 6 heteroatoms. The van der Waals surface area contributed by atoms with E-state index < -0.39 is 0 Å². The molecule has 0 saturated carbocycles. The van der Waals surface area contributed by atoms with Gasteiger partial charge in [-0.25, -0.2) is 0 Å². The molecule has 0 aliphatic heterocycles. The number of nitrogens with one attached hydrogen (secondary N) is 2. The molecule has 0 fully saturated rings. The second-order valence-electron chi connectivity index (χ2n) is 5.54. The van der Waals surface area contributed by atoms with E-state index in [2.05, 4.69) is 15.6 Å². The number of nitrogens with zero attached hydrogens (tertiary/aromatic N) is 1. The van der Waals surface area contributed by atoms with Crippen molar-refractivity contribution in [2.75, 3.05) is 19.0 Å². The van der Waals surface area contributed by atoms with Crippen LogP contribution in [0.15, 0.2) is 36.7 Å². The summed E-state index contributed by atoms with van der Waals surface area (Å²) in [6.45, 7) is 4.71. The normalized spacial score (nSPS) is 10.5. The number of rotatable bonds is 6. The number of carbonyl (C=O) groups excluding carboxylic acids is 1. The van der Waals surface area contributed by atoms with Crippen LogP contribution in [0.25, 0.3) is 0 Å². The van der Waals surface area contributed by atoms with Crippen LogP contribution in [0.5, 0.6) is 5.75 Å². The summed E-state index contributed by atoms with van der Waals surface area (Å²) in [6, 6.07) is 7.02. The van der Waals surface area contributed by atoms with Crippen molar-refractivity contribution < 1.29 is 9.53 Å². The molecule has 2 N–H and O–H groups in total. The molecule has 0 radical (unpaired) electrons. The highest BCUT2D eigenvalue weighted by atomic mass is 35.5. The minimum Gasteiger partial charge on any atom is -0.495 e. The third-order valence-electron chi connectivity index (χ3n) is 3.11. The van der Waals surface area contributed by atoms with E-state index in [1.807, 2.05) is 13.8 Å². The van der Waals surface area contributed by atoms with Crippen molar-refractivity contribution in [3.63, 3.8) is 0 Å². The number of halogens is 1. The molecule has 2 rings (SSSR count). The molecular weight excluding hydrogens is 314 g/mol. The first-order chi connectivity index (χ1) is 11.0. The van der Waals surface area contributed by atoms with Crippen LogP contribution >= 0.6 is 11.6 Å². The molecule has 1 aromatic carbocycles. The number of benzene rings is 1. The maximum Gasteiger partial charge on any atom is 0.252 e. The van der Waals surface area contributed by atoms with Crippen molar-refractivity contribution in [3.8, 4) is 5.75 Å². The number of carbonyl (C=O) groups is 1. The lowest BCUT2D eigenvalue weighted by Gasteiger charge is -2.12. The SMILES string of the molecule is COc1ccc(Cl)cc1Nc1cncc(C(=O)NCC(C)C)c1. The molecule has 5 nitrogen and oxygen atoms in total. The molecule has 1 aromatic heterocycles. The highest BCUT2D eigenvalue weighted by molar-refractivity contribution is 6.31. The lowest BCUT2D eigenvalue weighted by Crippen LogP contribution is -2.27. The molecule has 0 aliphatic carbocycles. The van der Waals surface area contributed by atoms with Gasteiger partial charge in [0, 0.05) is 17.8 Å². The van der Waals surface area contributed by atoms with Crippen molar-refractivity contribution in [3.05, 3.63) is 47.2 Å². The van der Waals surface area contributed by atoms with E-state index in [4.69, 9.17) is 16.3 Å². The van der Waals surface area contributed by atoms with E-state index in [0.29, 0.717) is 40.2 Å². The highest BCUT2D eigenvalue weighted by Crippen LogP contribution is 2.30. The topological polar surface area (TPSA) is 63.2 Å². The molecule has 0 unspecified atom stereocenters. The van der Waals surface area contributed by atoms with E-state index in [0.717, 1.165) is 0 Å². The second-order valence-corrected chi connectivity index (χ2v) is 5.97. The van der Waals surface area contributed by atoms with Gasteiger partial charge in [0.15, 0.2) is 0 Å². The first-order valence-electron chi connectivity index (χ1n) is 7.33. The maximum absolute atomic E-state index is 12.1. The van der Waals surface area contributed by atoms with Crippen LogP contribution < -0.4 is 15.4 Å². The number of ether oxygens (including phenoxy) is 1. The molecule has 1 amide bonds. The smallest absolute Gasteiger partial charge is 0.252 e. The Balaban J connectivity index is 2.17. The molecule has 23 heavy (non-hydrogen) atoms. The van der Waals surface area contributed by atoms with E-state index in [1.54, 1.807) is 37.6 Å². The lowest BCUT2D eigenvalue weighted by atomic mass is 10.2. The summed E-state index contributed by atoms with van der Waals surface area (Å²) in [6.07, 6.45) is 3.18. The molecule has 0 aliphatic rings. The summed E-state index contributed by atoms with van der Waals surface area (Å²) in [5.74, 6) is 0.904. The Morgan fingerprint density at radius 1 is 1.30 bits per heavy atom. The third kappa shape index (κ3) is 4.86. The monoisotopic (exact) mass is 333 g/mol. The van der Waals surface area contributed by atoms with Gasteiger partial charge in [-0.1, -0.05) is 25.4 Å². The minimum atomic E-state index is -0.145. The van der Waals surface area contributed by atoms with Gasteiger partial charge in [0.05, 0.1) is 30.2 Å². The van der Waals surface area contributed by atoms with Gasteiger partial charge < -0.3 is 15.4 Å². The Hall–Kier alpha value is -2.27. The quantitative estimate of drug-likeness (QED) is 0.842. The predicted molar refractivity (Wildman–Crippen MR) is 92.7 cm³/mol. The van der Waals surface area contributed by atoms with Gasteiger partial charge in [-0.15, -0.1) is 0 Å². The number of anilines is 2. The first kappa shape index (κ1) is 17.1. The van der Waals surface area contributed by atoms with Gasteiger partial charge in [-0.3, -0.25) is 9.78 Å². The third-order valence-corrected chi connectivity index (χ3v) is 3.35. The van der Waals surface area contributed by atoms with Crippen LogP contribution in [-0.2, 0) is 0 Å². The number of hydrogen-bond donors (Lipinski definition) is 2. The van der Waals surface area contributed by atoms with Crippen molar-refractivity contribution in [1.82, 2.24) is 10.3 Å². The highest BCUT2D eigenvalue weighted by Gasteiger charge is 2.09. The van der Waals surface area contributed by atoms with Gasteiger partial charge in [0.1, 0.15) is 5.75 Å². The summed E-state index contributed by atoms with van der Waals surface area (Å²) in [7, 11) is 1.59. The minimum absolute atomic E-state index is 0.145. The van der Waals surface area contributed by atoms with Crippen LogP contribution in [-0.4, -0.2) is 24.5 Å². The van der Waals surface area contributed by atoms with Crippen molar-refractivity contribution >= 4 is 28.9 Å². The standard InChI is InChI=1S/C17H20ClN3O2/c1-11(2)8-20-17(22)12-6-14(10-19-9-12)21-15-7-13(18)4-5-16(15)23-3/h4-7,9-11,21H,8H2,1-3H3,(H,20,22). The number of aromatic nitrogens is 1. The van der Waals surface area contributed by atoms with Crippen LogP contribution in [0.1, 0.15) is 24.2 Å². The average molecular weight is 334 g/mol. The summed E-state index contributed by atoms with van der Waals surface area (Å²) < 4.78 is 5.29. The largest absolute Gasteiger partial charge is 0.495 e. The Morgan fingerprint density at radius 2 is 2.09 bits per heavy atom. The van der Waals surface area contributed by atoms with E-state index in [1.165, 1.54) is 6.20 Å². The van der Waals surface area contributed by atoms with Gasteiger partial charge in [0.25, 0.3) is 5.91 Å². The number of hydrogen-bond acceptors (Lipinski definition) is 4. The van der Waals surface area contributed by atoms with Crippen LogP contribution in [0.3, 0.4) is 0 Å². The second kappa shape index (κ2) is 7.83. The molecule has 0 spiro atoms. The fourth-order valence-corrected chi connectivity index (χ4v) is 2.14. The summed E-state index contributed by atoms with van der Waals surface area (Å²) in [4.78, 5) is 16.2. The number of methoxy groups -OCH3 is 1. The van der Waals surface area contributed by atoms with Gasteiger partial charge >= 0.3 is 0 Å². The Bertz CT molecular complexity index is 689. The zero-order valence-electron chi connectivity index (χ0n) is 13.4. The molecule has 1 heterocycles.